The third kappa shape index (κ3) is 2.42. The monoisotopic (exact) mass is 216 g/mol. The lowest BCUT2D eigenvalue weighted by Crippen LogP contribution is -2.18. The Hall–Kier alpha value is -1.77. The van der Waals surface area contributed by atoms with Gasteiger partial charge in [0.15, 0.2) is 0 Å². The normalized spacial score (nSPS) is 15.9. The van der Waals surface area contributed by atoms with E-state index in [-0.39, 0.29) is 0 Å². The highest BCUT2D eigenvalue weighted by molar-refractivity contribution is 5.91. The summed E-state index contributed by atoms with van der Waals surface area (Å²) in [4.78, 5) is 13.1. The van der Waals surface area contributed by atoms with E-state index in [1.165, 1.54) is 24.6 Å². The number of nitrogens with two attached hydrogens (primary N) is 1. The SMILES string of the molecule is NC(=O)/C=C\c1ccccc1N1CCCC1. The summed E-state index contributed by atoms with van der Waals surface area (Å²) in [5.41, 5.74) is 7.36. The molecule has 0 atom stereocenters. The minimum Gasteiger partial charge on any atom is -0.371 e. The van der Waals surface area contributed by atoms with Gasteiger partial charge in [0.2, 0.25) is 5.91 Å². The van der Waals surface area contributed by atoms with Gasteiger partial charge in [0, 0.05) is 24.9 Å². The van der Waals surface area contributed by atoms with Crippen molar-refractivity contribution in [2.24, 2.45) is 5.73 Å². The number of amides is 1. The van der Waals surface area contributed by atoms with Crippen LogP contribution in [0.1, 0.15) is 18.4 Å². The molecule has 0 spiro atoms. The number of hydrogen-bond donors (Lipinski definition) is 1. The van der Waals surface area contributed by atoms with Crippen LogP contribution in [-0.4, -0.2) is 19.0 Å². The van der Waals surface area contributed by atoms with Crippen molar-refractivity contribution >= 4 is 17.7 Å². The Morgan fingerprint density at radius 1 is 1.25 bits per heavy atom. The van der Waals surface area contributed by atoms with Gasteiger partial charge in [-0.25, -0.2) is 0 Å². The number of rotatable bonds is 3. The summed E-state index contributed by atoms with van der Waals surface area (Å²) in [7, 11) is 0. The molecule has 0 radical (unpaired) electrons. The second-order valence-corrected chi connectivity index (χ2v) is 3.99. The highest BCUT2D eigenvalue weighted by Crippen LogP contribution is 2.25. The van der Waals surface area contributed by atoms with Crippen molar-refractivity contribution in [2.75, 3.05) is 18.0 Å². The summed E-state index contributed by atoms with van der Waals surface area (Å²) in [5, 5.41) is 0. The molecule has 1 saturated heterocycles. The third-order valence-electron chi connectivity index (χ3n) is 2.81. The standard InChI is InChI=1S/C13H16N2O/c14-13(16)8-7-11-5-1-2-6-12(11)15-9-3-4-10-15/h1-2,5-8H,3-4,9-10H2,(H2,14,16)/b8-7-. The lowest BCUT2D eigenvalue weighted by Gasteiger charge is -2.19. The molecular formula is C13H16N2O. The fourth-order valence-electron chi connectivity index (χ4n) is 2.05. The summed E-state index contributed by atoms with van der Waals surface area (Å²) >= 11 is 0. The van der Waals surface area contributed by atoms with Crippen LogP contribution in [0.25, 0.3) is 6.08 Å². The first-order valence-corrected chi connectivity index (χ1v) is 5.59. The van der Waals surface area contributed by atoms with E-state index in [1.54, 1.807) is 6.08 Å². The summed E-state index contributed by atoms with van der Waals surface area (Å²) in [6.45, 7) is 2.20. The van der Waals surface area contributed by atoms with Crippen molar-refractivity contribution in [1.82, 2.24) is 0 Å². The Morgan fingerprint density at radius 2 is 1.94 bits per heavy atom. The lowest BCUT2D eigenvalue weighted by atomic mass is 10.1. The number of anilines is 1. The fraction of sp³-hybridized carbons (Fsp3) is 0.308. The maximum atomic E-state index is 10.7. The number of primary amides is 1. The average molecular weight is 216 g/mol. The minimum absolute atomic E-state index is 0.406. The van der Waals surface area contributed by atoms with Crippen LogP contribution in [0.15, 0.2) is 30.3 Å². The van der Waals surface area contributed by atoms with Crippen LogP contribution in [0.2, 0.25) is 0 Å². The average Bonchev–Trinajstić information content (AvgIpc) is 2.80. The van der Waals surface area contributed by atoms with Crippen molar-refractivity contribution in [3.63, 3.8) is 0 Å². The largest absolute Gasteiger partial charge is 0.371 e. The summed E-state index contributed by atoms with van der Waals surface area (Å²) in [6.07, 6.45) is 5.69. The van der Waals surface area contributed by atoms with Crippen LogP contribution in [-0.2, 0) is 4.79 Å². The first kappa shape index (κ1) is 10.7. The first-order chi connectivity index (χ1) is 7.77. The summed E-state index contributed by atoms with van der Waals surface area (Å²) in [5.74, 6) is -0.406. The topological polar surface area (TPSA) is 46.3 Å². The molecule has 0 unspecified atom stereocenters. The smallest absolute Gasteiger partial charge is 0.241 e. The van der Waals surface area contributed by atoms with Crippen molar-refractivity contribution in [1.29, 1.82) is 0 Å². The number of nitrogens with zero attached hydrogens (tertiary/aromatic N) is 1. The zero-order chi connectivity index (χ0) is 11.4. The molecule has 3 heteroatoms. The molecule has 1 fully saturated rings. The van der Waals surface area contributed by atoms with E-state index in [0.29, 0.717) is 0 Å². The van der Waals surface area contributed by atoms with Gasteiger partial charge >= 0.3 is 0 Å². The number of carbonyl (C=O) groups is 1. The van der Waals surface area contributed by atoms with Crippen molar-refractivity contribution < 1.29 is 4.79 Å². The van der Waals surface area contributed by atoms with Gasteiger partial charge in [-0.15, -0.1) is 0 Å². The fourth-order valence-corrected chi connectivity index (χ4v) is 2.05. The quantitative estimate of drug-likeness (QED) is 0.783. The molecule has 1 heterocycles. The number of carbonyl (C=O) groups excluding carboxylic acids is 1. The molecule has 0 bridgehead atoms. The number of para-hydroxylation sites is 1. The van der Waals surface area contributed by atoms with Crippen LogP contribution in [0, 0.1) is 0 Å². The van der Waals surface area contributed by atoms with Crippen LogP contribution in [0.5, 0.6) is 0 Å². The Bertz CT molecular complexity index is 406. The molecule has 0 aliphatic carbocycles. The molecule has 3 nitrogen and oxygen atoms in total. The molecule has 1 aliphatic rings. The maximum Gasteiger partial charge on any atom is 0.241 e. The van der Waals surface area contributed by atoms with Gasteiger partial charge < -0.3 is 10.6 Å². The summed E-state index contributed by atoms with van der Waals surface area (Å²) < 4.78 is 0. The molecule has 0 aromatic heterocycles. The molecule has 1 amide bonds. The number of hydrogen-bond acceptors (Lipinski definition) is 2. The molecule has 84 valence electrons. The molecule has 16 heavy (non-hydrogen) atoms. The third-order valence-corrected chi connectivity index (χ3v) is 2.81. The van der Waals surface area contributed by atoms with Crippen molar-refractivity contribution in [3.05, 3.63) is 35.9 Å². The highest BCUT2D eigenvalue weighted by atomic mass is 16.1. The van der Waals surface area contributed by atoms with E-state index in [2.05, 4.69) is 11.0 Å². The van der Waals surface area contributed by atoms with Crippen LogP contribution in [0.3, 0.4) is 0 Å². The molecule has 1 aliphatic heterocycles. The summed E-state index contributed by atoms with van der Waals surface area (Å²) in [6, 6.07) is 8.09. The van der Waals surface area contributed by atoms with Gasteiger partial charge in [-0.3, -0.25) is 4.79 Å². The zero-order valence-electron chi connectivity index (χ0n) is 9.23. The maximum absolute atomic E-state index is 10.7. The Morgan fingerprint density at radius 3 is 2.62 bits per heavy atom. The second-order valence-electron chi connectivity index (χ2n) is 3.99. The first-order valence-electron chi connectivity index (χ1n) is 5.59. The van der Waals surface area contributed by atoms with E-state index in [0.717, 1.165) is 18.7 Å². The van der Waals surface area contributed by atoms with E-state index in [9.17, 15) is 4.79 Å². The molecule has 1 aromatic carbocycles. The van der Waals surface area contributed by atoms with Gasteiger partial charge in [-0.1, -0.05) is 18.2 Å². The van der Waals surface area contributed by atoms with Gasteiger partial charge in [0.1, 0.15) is 0 Å². The van der Waals surface area contributed by atoms with Crippen LogP contribution >= 0.6 is 0 Å². The van der Waals surface area contributed by atoms with Crippen molar-refractivity contribution in [3.8, 4) is 0 Å². The van der Waals surface area contributed by atoms with E-state index < -0.39 is 5.91 Å². The van der Waals surface area contributed by atoms with Crippen LogP contribution in [0.4, 0.5) is 5.69 Å². The molecule has 0 saturated carbocycles. The molecule has 2 N–H and O–H groups in total. The Kier molecular flexibility index (Phi) is 3.25. The minimum atomic E-state index is -0.406. The molecular weight excluding hydrogens is 200 g/mol. The zero-order valence-corrected chi connectivity index (χ0v) is 9.23. The van der Waals surface area contributed by atoms with E-state index in [4.69, 9.17) is 5.73 Å². The van der Waals surface area contributed by atoms with E-state index in [1.807, 2.05) is 18.2 Å². The lowest BCUT2D eigenvalue weighted by molar-refractivity contribution is -0.113. The van der Waals surface area contributed by atoms with Gasteiger partial charge in [0.05, 0.1) is 0 Å². The molecule has 1 aromatic rings. The van der Waals surface area contributed by atoms with E-state index >= 15 is 0 Å². The Labute approximate surface area is 95.6 Å². The van der Waals surface area contributed by atoms with Crippen molar-refractivity contribution in [2.45, 2.75) is 12.8 Å². The number of benzene rings is 1. The van der Waals surface area contributed by atoms with Gasteiger partial charge in [0.25, 0.3) is 0 Å². The predicted molar refractivity (Wildman–Crippen MR) is 66.1 cm³/mol. The van der Waals surface area contributed by atoms with Gasteiger partial charge in [-0.05, 0) is 30.5 Å². The highest BCUT2D eigenvalue weighted by Gasteiger charge is 2.13. The van der Waals surface area contributed by atoms with Gasteiger partial charge in [-0.2, -0.15) is 0 Å². The Balaban J connectivity index is 2.26. The second kappa shape index (κ2) is 4.84. The van der Waals surface area contributed by atoms with Crippen LogP contribution < -0.4 is 10.6 Å². The molecule has 2 rings (SSSR count). The predicted octanol–water partition coefficient (Wildman–Crippen LogP) is 1.79.